The van der Waals surface area contributed by atoms with E-state index in [0.717, 1.165) is 27.6 Å². The van der Waals surface area contributed by atoms with Gasteiger partial charge in [0.15, 0.2) is 0 Å². The third-order valence-electron chi connectivity index (χ3n) is 4.65. The van der Waals surface area contributed by atoms with Crippen molar-refractivity contribution in [3.8, 4) is 0 Å². The molecule has 31 heavy (non-hydrogen) atoms. The summed E-state index contributed by atoms with van der Waals surface area (Å²) in [5.74, 6) is 0. The molecule has 7 heteroatoms. The molecule has 1 unspecified atom stereocenters. The molecule has 2 amide bonds. The third-order valence-corrected chi connectivity index (χ3v) is 5.40. The first-order chi connectivity index (χ1) is 14.7. The summed E-state index contributed by atoms with van der Waals surface area (Å²) in [6.07, 6.45) is 4.29. The number of carbonyl (C=O) groups is 2. The van der Waals surface area contributed by atoms with E-state index in [1.165, 1.54) is 0 Å². The summed E-state index contributed by atoms with van der Waals surface area (Å²) in [6.45, 7) is 5.68. The Morgan fingerprint density at radius 3 is 2.55 bits per heavy atom. The van der Waals surface area contributed by atoms with Gasteiger partial charge in [0.1, 0.15) is 12.2 Å². The van der Waals surface area contributed by atoms with E-state index in [1.54, 1.807) is 0 Å². The zero-order chi connectivity index (χ0) is 22.4. The van der Waals surface area contributed by atoms with Crippen molar-refractivity contribution in [3.63, 3.8) is 0 Å². The molecule has 2 aromatic rings. The van der Waals surface area contributed by atoms with Crippen LogP contribution in [0.4, 0.5) is 15.3 Å². The molecular formula is C24H27BrN2O4. The van der Waals surface area contributed by atoms with Gasteiger partial charge in [0.2, 0.25) is 0 Å². The van der Waals surface area contributed by atoms with Gasteiger partial charge in [0, 0.05) is 10.0 Å². The zero-order valence-electron chi connectivity index (χ0n) is 17.9. The van der Waals surface area contributed by atoms with Crippen molar-refractivity contribution >= 4 is 39.9 Å². The number of rotatable bonds is 4. The van der Waals surface area contributed by atoms with Crippen LogP contribution in [0.3, 0.4) is 0 Å². The molecule has 0 aromatic heterocycles. The number of fused-ring (bicyclic) bond motifs is 1. The summed E-state index contributed by atoms with van der Waals surface area (Å²) in [5, 5.41) is 5.73. The minimum Gasteiger partial charge on any atom is -0.445 e. The van der Waals surface area contributed by atoms with Gasteiger partial charge in [-0.25, -0.2) is 9.59 Å². The fourth-order valence-electron chi connectivity index (χ4n) is 3.25. The number of alkyl carbamates (subject to hydrolysis) is 1. The van der Waals surface area contributed by atoms with Crippen LogP contribution in [0.5, 0.6) is 0 Å². The van der Waals surface area contributed by atoms with Crippen molar-refractivity contribution < 1.29 is 19.1 Å². The van der Waals surface area contributed by atoms with Gasteiger partial charge in [-0.1, -0.05) is 58.4 Å². The van der Waals surface area contributed by atoms with E-state index in [4.69, 9.17) is 9.47 Å². The first-order valence-corrected chi connectivity index (χ1v) is 11.0. The maximum absolute atomic E-state index is 12.2. The number of anilines is 1. The van der Waals surface area contributed by atoms with Crippen molar-refractivity contribution in [2.45, 2.75) is 51.9 Å². The Morgan fingerprint density at radius 1 is 1.10 bits per heavy atom. The normalized spacial score (nSPS) is 15.4. The number of carbonyl (C=O) groups excluding carboxylic acids is 2. The van der Waals surface area contributed by atoms with Crippen LogP contribution in [-0.2, 0) is 22.5 Å². The number of hydrogen-bond acceptors (Lipinski definition) is 4. The summed E-state index contributed by atoms with van der Waals surface area (Å²) in [5.41, 5.74) is 2.97. The molecule has 0 saturated carbocycles. The fraction of sp³-hybridized carbons (Fsp3) is 0.333. The predicted molar refractivity (Wildman–Crippen MR) is 125 cm³/mol. The van der Waals surface area contributed by atoms with Gasteiger partial charge in [-0.05, 0) is 56.9 Å². The van der Waals surface area contributed by atoms with Gasteiger partial charge in [-0.2, -0.15) is 0 Å². The number of hydrogen-bond donors (Lipinski definition) is 2. The van der Waals surface area contributed by atoms with Crippen molar-refractivity contribution in [1.29, 1.82) is 0 Å². The van der Waals surface area contributed by atoms with Crippen molar-refractivity contribution in [2.24, 2.45) is 0 Å². The molecule has 1 aliphatic carbocycles. The number of halogens is 1. The molecule has 0 fully saturated rings. The highest BCUT2D eigenvalue weighted by Gasteiger charge is 2.21. The Labute approximate surface area is 191 Å². The predicted octanol–water partition coefficient (Wildman–Crippen LogP) is 6.05. The Morgan fingerprint density at radius 2 is 1.84 bits per heavy atom. The molecule has 0 bridgehead atoms. The van der Waals surface area contributed by atoms with Crippen LogP contribution in [0.1, 0.15) is 43.9 Å². The Bertz CT molecular complexity index is 968. The van der Waals surface area contributed by atoms with Gasteiger partial charge in [-0.3, -0.25) is 5.32 Å². The molecule has 1 aliphatic rings. The van der Waals surface area contributed by atoms with Gasteiger partial charge >= 0.3 is 12.2 Å². The zero-order valence-corrected chi connectivity index (χ0v) is 19.5. The SMILES string of the molecule is CC(C)(C)OC(=O)Nc1ccc(Br)c2c1C=CC(NC(=O)OCc1ccccc1)CC2. The molecular weight excluding hydrogens is 460 g/mol. The molecule has 0 radical (unpaired) electrons. The van der Waals surface area contributed by atoms with Crippen LogP contribution in [0.25, 0.3) is 6.08 Å². The van der Waals surface area contributed by atoms with Crippen LogP contribution in [0.2, 0.25) is 0 Å². The number of benzene rings is 2. The van der Waals surface area contributed by atoms with Crippen LogP contribution in [0, 0.1) is 0 Å². The van der Waals surface area contributed by atoms with Gasteiger partial charge in [0.05, 0.1) is 11.7 Å². The summed E-state index contributed by atoms with van der Waals surface area (Å²) >= 11 is 3.60. The van der Waals surface area contributed by atoms with Crippen LogP contribution in [0.15, 0.2) is 53.0 Å². The van der Waals surface area contributed by atoms with E-state index in [9.17, 15) is 9.59 Å². The topological polar surface area (TPSA) is 76.7 Å². The molecule has 0 aliphatic heterocycles. The average molecular weight is 487 g/mol. The molecule has 0 spiro atoms. The number of ether oxygens (including phenoxy) is 2. The monoisotopic (exact) mass is 486 g/mol. The van der Waals surface area contributed by atoms with E-state index in [2.05, 4.69) is 26.6 Å². The van der Waals surface area contributed by atoms with E-state index in [1.807, 2.05) is 75.4 Å². The van der Waals surface area contributed by atoms with Crippen molar-refractivity contribution in [3.05, 3.63) is 69.7 Å². The standard InChI is InChI=1S/C24H27BrN2O4/c1-24(2,3)31-23(29)27-21-14-13-20(25)18-11-9-17(10-12-19(18)21)26-22(28)30-15-16-7-5-4-6-8-16/h4-8,10,12-14,17H,9,11,15H2,1-3H3,(H,26,28)(H,27,29). The van der Waals surface area contributed by atoms with Crippen LogP contribution >= 0.6 is 15.9 Å². The highest BCUT2D eigenvalue weighted by atomic mass is 79.9. The van der Waals surface area contributed by atoms with Gasteiger partial charge in [-0.15, -0.1) is 0 Å². The summed E-state index contributed by atoms with van der Waals surface area (Å²) in [6, 6.07) is 13.1. The maximum Gasteiger partial charge on any atom is 0.412 e. The van der Waals surface area contributed by atoms with Crippen molar-refractivity contribution in [2.75, 3.05) is 5.32 Å². The van der Waals surface area contributed by atoms with E-state index >= 15 is 0 Å². The molecule has 2 aromatic carbocycles. The number of nitrogens with one attached hydrogen (secondary N) is 2. The van der Waals surface area contributed by atoms with Crippen molar-refractivity contribution in [1.82, 2.24) is 5.32 Å². The average Bonchev–Trinajstić information content (AvgIpc) is 2.91. The molecule has 0 saturated heterocycles. The maximum atomic E-state index is 12.2. The first-order valence-electron chi connectivity index (χ1n) is 10.2. The second-order valence-electron chi connectivity index (χ2n) is 8.32. The largest absolute Gasteiger partial charge is 0.445 e. The molecule has 3 rings (SSSR count). The quantitative estimate of drug-likeness (QED) is 0.551. The highest BCUT2D eigenvalue weighted by molar-refractivity contribution is 9.10. The lowest BCUT2D eigenvalue weighted by molar-refractivity contribution is 0.0636. The highest BCUT2D eigenvalue weighted by Crippen LogP contribution is 2.32. The first kappa shape index (κ1) is 22.9. The lowest BCUT2D eigenvalue weighted by Crippen LogP contribution is -2.33. The van der Waals surface area contributed by atoms with E-state index < -0.39 is 17.8 Å². The minimum atomic E-state index is -0.582. The van der Waals surface area contributed by atoms with Crippen LogP contribution < -0.4 is 10.6 Å². The third kappa shape index (κ3) is 6.85. The lowest BCUT2D eigenvalue weighted by Gasteiger charge is -2.21. The Hall–Kier alpha value is -2.80. The molecule has 6 nitrogen and oxygen atoms in total. The smallest absolute Gasteiger partial charge is 0.412 e. The summed E-state index contributed by atoms with van der Waals surface area (Å²) in [4.78, 5) is 24.5. The van der Waals surface area contributed by atoms with Gasteiger partial charge < -0.3 is 14.8 Å². The summed E-state index contributed by atoms with van der Waals surface area (Å²) in [7, 11) is 0. The lowest BCUT2D eigenvalue weighted by atomic mass is 10.0. The molecule has 164 valence electrons. The minimum absolute atomic E-state index is 0.183. The molecule has 0 heterocycles. The Kier molecular flexibility index (Phi) is 7.38. The second-order valence-corrected chi connectivity index (χ2v) is 9.18. The van der Waals surface area contributed by atoms with Gasteiger partial charge in [0.25, 0.3) is 0 Å². The summed E-state index contributed by atoms with van der Waals surface area (Å²) < 4.78 is 11.7. The van der Waals surface area contributed by atoms with E-state index in [0.29, 0.717) is 12.1 Å². The van der Waals surface area contributed by atoms with E-state index in [-0.39, 0.29) is 12.6 Å². The molecule has 2 N–H and O–H groups in total. The number of amides is 2. The second kappa shape index (κ2) is 10.0. The fourth-order valence-corrected chi connectivity index (χ4v) is 3.79. The van der Waals surface area contributed by atoms with Crippen LogP contribution in [-0.4, -0.2) is 23.8 Å². The molecule has 1 atom stereocenters. The Balaban J connectivity index is 1.66.